The van der Waals surface area contributed by atoms with Gasteiger partial charge in [0.2, 0.25) is 0 Å². The average molecular weight is 467 g/mol. The summed E-state index contributed by atoms with van der Waals surface area (Å²) in [4.78, 5) is 0. The highest BCUT2D eigenvalue weighted by atomic mass is 16.5. The maximum absolute atomic E-state index is 6.99. The predicted molar refractivity (Wildman–Crippen MR) is 142 cm³/mol. The number of hydrogen-bond acceptors (Lipinski definition) is 3. The topological polar surface area (TPSA) is 27.7 Å². The molecule has 0 spiro atoms. The second-order valence-corrected chi connectivity index (χ2v) is 8.72. The zero-order chi connectivity index (χ0) is 24.6. The van der Waals surface area contributed by atoms with E-state index in [1.54, 1.807) is 0 Å². The molecule has 3 heteroatoms. The lowest BCUT2D eigenvalue weighted by Gasteiger charge is -2.27. The average Bonchev–Trinajstić information content (AvgIpc) is 2.88. The molecule has 0 aliphatic rings. The highest BCUT2D eigenvalue weighted by Crippen LogP contribution is 2.37. The van der Waals surface area contributed by atoms with E-state index in [0.29, 0.717) is 13.2 Å². The van der Waals surface area contributed by atoms with E-state index in [1.807, 2.05) is 38.1 Å². The van der Waals surface area contributed by atoms with Gasteiger partial charge in [-0.3, -0.25) is 0 Å². The number of benzene rings is 4. The highest BCUT2D eigenvalue weighted by molar-refractivity contribution is 5.38. The van der Waals surface area contributed by atoms with Crippen molar-refractivity contribution in [2.75, 3.05) is 13.2 Å². The third-order valence-electron chi connectivity index (χ3n) is 6.02. The van der Waals surface area contributed by atoms with Gasteiger partial charge in [0, 0.05) is 0 Å². The van der Waals surface area contributed by atoms with Crippen LogP contribution in [0.1, 0.15) is 59.4 Å². The van der Waals surface area contributed by atoms with Crippen LogP contribution in [0.5, 0.6) is 11.5 Å². The van der Waals surface area contributed by atoms with Crippen LogP contribution in [0, 0.1) is 13.8 Å². The van der Waals surface area contributed by atoms with Crippen molar-refractivity contribution in [3.63, 3.8) is 0 Å². The van der Waals surface area contributed by atoms with E-state index in [0.717, 1.165) is 33.8 Å². The summed E-state index contributed by atoms with van der Waals surface area (Å²) in [6.45, 7) is 9.48. The molecule has 0 aliphatic carbocycles. The predicted octanol–water partition coefficient (Wildman–Crippen LogP) is 8.00. The van der Waals surface area contributed by atoms with Crippen LogP contribution in [-0.4, -0.2) is 13.2 Å². The normalized spacial score (nSPS) is 12.7. The molecule has 2 atom stereocenters. The fourth-order valence-electron chi connectivity index (χ4n) is 4.13. The van der Waals surface area contributed by atoms with Crippen LogP contribution in [-0.2, 0) is 4.74 Å². The lowest BCUT2D eigenvalue weighted by Crippen LogP contribution is -2.13. The van der Waals surface area contributed by atoms with Crippen LogP contribution in [0.4, 0.5) is 0 Å². The molecule has 0 N–H and O–H groups in total. The molecule has 0 aromatic heterocycles. The van der Waals surface area contributed by atoms with Crippen LogP contribution >= 0.6 is 0 Å². The van der Waals surface area contributed by atoms with Gasteiger partial charge in [0.15, 0.2) is 0 Å². The SMILES string of the molecule is CCOc1ccc(C(OC(c2ccc(C)cc2)c2ccc(OCC)cc2)c2ccc(C)cc2)cc1. The fraction of sp³-hybridized carbons (Fsp3) is 0.250. The maximum Gasteiger partial charge on any atom is 0.119 e. The van der Waals surface area contributed by atoms with Crippen LogP contribution in [0.3, 0.4) is 0 Å². The third-order valence-corrected chi connectivity index (χ3v) is 6.02. The van der Waals surface area contributed by atoms with E-state index in [4.69, 9.17) is 14.2 Å². The first-order valence-electron chi connectivity index (χ1n) is 12.3. The van der Waals surface area contributed by atoms with Crippen molar-refractivity contribution in [2.24, 2.45) is 0 Å². The van der Waals surface area contributed by atoms with Gasteiger partial charge in [-0.05, 0) is 74.2 Å². The summed E-state index contributed by atoms with van der Waals surface area (Å²) in [5.74, 6) is 1.72. The molecule has 0 amide bonds. The molecule has 0 saturated heterocycles. The number of ether oxygens (including phenoxy) is 3. The summed E-state index contributed by atoms with van der Waals surface area (Å²) in [6, 6.07) is 33.6. The Kier molecular flexibility index (Phi) is 8.23. The molecule has 0 saturated carbocycles. The Hall–Kier alpha value is -3.56. The zero-order valence-corrected chi connectivity index (χ0v) is 21.0. The van der Waals surface area contributed by atoms with Crippen molar-refractivity contribution in [1.82, 2.24) is 0 Å². The van der Waals surface area contributed by atoms with Gasteiger partial charge in [0.05, 0.1) is 13.2 Å². The second-order valence-electron chi connectivity index (χ2n) is 8.72. The van der Waals surface area contributed by atoms with Crippen LogP contribution in [0.15, 0.2) is 97.1 Å². The van der Waals surface area contributed by atoms with E-state index < -0.39 is 0 Å². The first kappa shape index (κ1) is 24.6. The second kappa shape index (κ2) is 11.7. The van der Waals surface area contributed by atoms with E-state index in [2.05, 4.69) is 86.6 Å². The Balaban J connectivity index is 1.75. The molecule has 0 radical (unpaired) electrons. The lowest BCUT2D eigenvalue weighted by molar-refractivity contribution is 0.0308. The third kappa shape index (κ3) is 6.32. The van der Waals surface area contributed by atoms with Crippen LogP contribution in [0.25, 0.3) is 0 Å². The van der Waals surface area contributed by atoms with Gasteiger partial charge < -0.3 is 14.2 Å². The monoisotopic (exact) mass is 466 g/mol. The van der Waals surface area contributed by atoms with Crippen LogP contribution in [0.2, 0.25) is 0 Å². The lowest BCUT2D eigenvalue weighted by atomic mass is 9.97. The Bertz CT molecular complexity index is 1080. The summed E-state index contributed by atoms with van der Waals surface area (Å²) in [5.41, 5.74) is 6.84. The van der Waals surface area contributed by atoms with E-state index in [9.17, 15) is 0 Å². The summed E-state index contributed by atoms with van der Waals surface area (Å²) in [6.07, 6.45) is -0.492. The Morgan fingerprint density at radius 2 is 0.743 bits per heavy atom. The number of rotatable bonds is 10. The van der Waals surface area contributed by atoms with E-state index in [-0.39, 0.29) is 12.2 Å². The smallest absolute Gasteiger partial charge is 0.119 e. The van der Waals surface area contributed by atoms with Crippen molar-refractivity contribution in [3.8, 4) is 11.5 Å². The fourth-order valence-corrected chi connectivity index (χ4v) is 4.13. The summed E-state index contributed by atoms with van der Waals surface area (Å²) in [5, 5.41) is 0. The molecule has 35 heavy (non-hydrogen) atoms. The summed E-state index contributed by atoms with van der Waals surface area (Å²) >= 11 is 0. The molecular weight excluding hydrogens is 432 g/mol. The molecule has 0 fully saturated rings. The Morgan fingerprint density at radius 1 is 0.457 bits per heavy atom. The molecule has 2 unspecified atom stereocenters. The molecule has 4 aromatic rings. The van der Waals surface area contributed by atoms with Crippen molar-refractivity contribution in [2.45, 2.75) is 39.9 Å². The van der Waals surface area contributed by atoms with Gasteiger partial charge in [-0.25, -0.2) is 0 Å². The highest BCUT2D eigenvalue weighted by Gasteiger charge is 2.23. The van der Waals surface area contributed by atoms with Gasteiger partial charge >= 0.3 is 0 Å². The van der Waals surface area contributed by atoms with Crippen molar-refractivity contribution >= 4 is 0 Å². The van der Waals surface area contributed by atoms with Crippen LogP contribution < -0.4 is 9.47 Å². The molecule has 4 rings (SSSR count). The molecular formula is C32H34O3. The van der Waals surface area contributed by atoms with E-state index in [1.165, 1.54) is 11.1 Å². The minimum atomic E-state index is -0.246. The molecule has 4 aromatic carbocycles. The van der Waals surface area contributed by atoms with E-state index >= 15 is 0 Å². The number of hydrogen-bond donors (Lipinski definition) is 0. The first-order valence-corrected chi connectivity index (χ1v) is 12.3. The van der Waals surface area contributed by atoms with Crippen molar-refractivity contribution < 1.29 is 14.2 Å². The largest absolute Gasteiger partial charge is 0.494 e. The van der Waals surface area contributed by atoms with Gasteiger partial charge in [0.25, 0.3) is 0 Å². The molecule has 0 heterocycles. The molecule has 180 valence electrons. The van der Waals surface area contributed by atoms with Gasteiger partial charge in [-0.2, -0.15) is 0 Å². The Morgan fingerprint density at radius 3 is 1.03 bits per heavy atom. The molecule has 0 aliphatic heterocycles. The summed E-state index contributed by atoms with van der Waals surface area (Å²) < 4.78 is 18.3. The quantitative estimate of drug-likeness (QED) is 0.237. The molecule has 3 nitrogen and oxygen atoms in total. The van der Waals surface area contributed by atoms with Crippen molar-refractivity contribution in [1.29, 1.82) is 0 Å². The van der Waals surface area contributed by atoms with Gasteiger partial charge in [0.1, 0.15) is 23.7 Å². The number of aryl methyl sites for hydroxylation is 2. The molecule has 0 bridgehead atoms. The van der Waals surface area contributed by atoms with Gasteiger partial charge in [-0.1, -0.05) is 83.9 Å². The minimum Gasteiger partial charge on any atom is -0.494 e. The first-order chi connectivity index (χ1) is 17.1. The summed E-state index contributed by atoms with van der Waals surface area (Å²) in [7, 11) is 0. The van der Waals surface area contributed by atoms with Crippen molar-refractivity contribution in [3.05, 3.63) is 130 Å². The minimum absolute atomic E-state index is 0.246. The van der Waals surface area contributed by atoms with Gasteiger partial charge in [-0.15, -0.1) is 0 Å². The zero-order valence-electron chi connectivity index (χ0n) is 21.0. The Labute approximate surface area is 209 Å². The maximum atomic E-state index is 6.99. The standard InChI is InChI=1S/C32H34O3/c1-5-33-29-19-15-27(16-20-29)31(25-11-7-23(3)8-12-25)35-32(26-13-9-24(4)10-14-26)28-17-21-30(22-18-28)34-6-2/h7-22,31-32H,5-6H2,1-4H3.